The number of aryl methyl sites for hydroxylation is 1. The number of pyridine rings is 1. The van der Waals surface area contributed by atoms with Crippen LogP contribution in [0.25, 0.3) is 16.9 Å². The number of anilines is 1. The summed E-state index contributed by atoms with van der Waals surface area (Å²) in [4.78, 5) is 43.6. The van der Waals surface area contributed by atoms with Crippen molar-refractivity contribution in [3.05, 3.63) is 117 Å². The van der Waals surface area contributed by atoms with Crippen LogP contribution < -0.4 is 21.3 Å². The molecule has 0 fully saturated rings. The first-order chi connectivity index (χ1) is 20.0. The Labute approximate surface area is 236 Å². The fourth-order valence-electron chi connectivity index (χ4n) is 4.15. The van der Waals surface area contributed by atoms with E-state index in [4.69, 9.17) is 4.74 Å². The summed E-state index contributed by atoms with van der Waals surface area (Å²) in [6.45, 7) is 3.32. The van der Waals surface area contributed by atoms with Crippen molar-refractivity contribution in [2.24, 2.45) is 7.05 Å². The number of carbonyl (C=O) groups is 1. The van der Waals surface area contributed by atoms with E-state index in [0.29, 0.717) is 11.3 Å². The molecule has 10 nitrogen and oxygen atoms in total. The molecule has 0 spiro atoms. The Kier molecular flexibility index (Phi) is 7.49. The highest BCUT2D eigenvalue weighted by molar-refractivity contribution is 6.03. The van der Waals surface area contributed by atoms with Gasteiger partial charge in [-0.1, -0.05) is 0 Å². The number of hydrogen-bond donors (Lipinski definition) is 1. The number of halogens is 3. The van der Waals surface area contributed by atoms with Crippen LogP contribution in [0.3, 0.4) is 0 Å². The minimum Gasteiger partial charge on any atom is -0.451 e. The molecule has 5 aromatic rings. The lowest BCUT2D eigenvalue weighted by Gasteiger charge is -2.16. The van der Waals surface area contributed by atoms with E-state index in [1.165, 1.54) is 30.5 Å². The topological polar surface area (TPSA) is 113 Å². The van der Waals surface area contributed by atoms with Crippen molar-refractivity contribution in [3.8, 4) is 28.4 Å². The Morgan fingerprint density at radius 3 is 2.29 bits per heavy atom. The number of amides is 1. The van der Waals surface area contributed by atoms with Gasteiger partial charge in [0.1, 0.15) is 17.1 Å². The fourth-order valence-corrected chi connectivity index (χ4v) is 4.15. The molecule has 5 rings (SSSR count). The maximum Gasteiger partial charge on any atom is 0.335 e. The summed E-state index contributed by atoms with van der Waals surface area (Å²) in [5, 5.41) is 6.36. The third-order valence-electron chi connectivity index (χ3n) is 6.21. The average molecular weight is 577 g/mol. The number of carbonyl (C=O) groups excluding carboxylic acids is 1. The van der Waals surface area contributed by atoms with Gasteiger partial charge in [0.25, 0.3) is 11.5 Å². The number of aromatic nitrogens is 5. The molecule has 1 N–H and O–H groups in total. The molecule has 0 aliphatic heterocycles. The second kappa shape index (κ2) is 11.2. The second-order valence-corrected chi connectivity index (χ2v) is 9.55. The number of ether oxygens (including phenoxy) is 1. The lowest BCUT2D eigenvalue weighted by atomic mass is 10.2. The highest BCUT2D eigenvalue weighted by Crippen LogP contribution is 2.31. The number of nitrogens with one attached hydrogen (secondary N) is 1. The van der Waals surface area contributed by atoms with E-state index in [-0.39, 0.29) is 17.1 Å². The van der Waals surface area contributed by atoms with Crippen molar-refractivity contribution in [2.45, 2.75) is 19.9 Å². The van der Waals surface area contributed by atoms with Crippen LogP contribution in [0.15, 0.2) is 82.9 Å². The summed E-state index contributed by atoms with van der Waals surface area (Å²) in [7, 11) is 1.73. The molecule has 3 heterocycles. The van der Waals surface area contributed by atoms with Gasteiger partial charge in [-0.3, -0.25) is 23.8 Å². The Bertz CT molecular complexity index is 1910. The molecular formula is C29H23F3N6O4. The van der Waals surface area contributed by atoms with Gasteiger partial charge in [-0.05, 0) is 44.2 Å². The molecule has 13 heteroatoms. The minimum atomic E-state index is -1.12. The second-order valence-electron chi connectivity index (χ2n) is 9.55. The van der Waals surface area contributed by atoms with Crippen LogP contribution >= 0.6 is 0 Å². The normalized spacial score (nSPS) is 11.1. The zero-order valence-electron chi connectivity index (χ0n) is 22.5. The van der Waals surface area contributed by atoms with E-state index in [1.807, 2.05) is 0 Å². The molecule has 1 amide bonds. The maximum atomic E-state index is 15.0. The Balaban J connectivity index is 1.44. The highest BCUT2D eigenvalue weighted by atomic mass is 19.1. The van der Waals surface area contributed by atoms with Gasteiger partial charge in [0.05, 0.1) is 17.6 Å². The van der Waals surface area contributed by atoms with E-state index < -0.39 is 52.0 Å². The molecule has 0 saturated heterocycles. The van der Waals surface area contributed by atoms with E-state index in [0.717, 1.165) is 39.6 Å². The van der Waals surface area contributed by atoms with Crippen molar-refractivity contribution in [1.29, 1.82) is 0 Å². The van der Waals surface area contributed by atoms with Crippen molar-refractivity contribution in [2.75, 3.05) is 5.32 Å². The molecule has 42 heavy (non-hydrogen) atoms. The zero-order chi connectivity index (χ0) is 30.1. The first-order valence-corrected chi connectivity index (χ1v) is 12.6. The zero-order valence-corrected chi connectivity index (χ0v) is 22.5. The lowest BCUT2D eigenvalue weighted by molar-refractivity contribution is 0.102. The van der Waals surface area contributed by atoms with Crippen LogP contribution in [0, 0.1) is 17.5 Å². The molecule has 0 atom stereocenters. The summed E-state index contributed by atoms with van der Waals surface area (Å²) in [6, 6.07) is 8.67. The smallest absolute Gasteiger partial charge is 0.335 e. The Morgan fingerprint density at radius 2 is 1.67 bits per heavy atom. The standard InChI is InChI=1S/C29H23F3N6O4/c1-16(2)37-15-22(28(40)38(29(37)41)20-6-4-18(30)5-7-20)27(39)35-19-10-23(31)26(24(32)11-19)42-21-8-9-33-25(12-21)17-13-34-36(3)14-17/h4-16H,1-3H3,(H,35,39). The van der Waals surface area contributed by atoms with Crippen LogP contribution in [0.2, 0.25) is 0 Å². The predicted molar refractivity (Wildman–Crippen MR) is 147 cm³/mol. The fraction of sp³-hybridized carbons (Fsp3) is 0.138. The molecule has 0 bridgehead atoms. The van der Waals surface area contributed by atoms with Crippen LogP contribution in [-0.2, 0) is 7.05 Å². The highest BCUT2D eigenvalue weighted by Gasteiger charge is 2.22. The molecule has 0 saturated carbocycles. The van der Waals surface area contributed by atoms with Gasteiger partial charge in [-0.2, -0.15) is 5.10 Å². The van der Waals surface area contributed by atoms with Crippen molar-refractivity contribution in [3.63, 3.8) is 0 Å². The third-order valence-corrected chi connectivity index (χ3v) is 6.21. The van der Waals surface area contributed by atoms with E-state index in [2.05, 4.69) is 15.4 Å². The maximum absolute atomic E-state index is 15.0. The van der Waals surface area contributed by atoms with Gasteiger partial charge in [-0.25, -0.2) is 22.5 Å². The first-order valence-electron chi connectivity index (χ1n) is 12.6. The van der Waals surface area contributed by atoms with Gasteiger partial charge in [0.2, 0.25) is 0 Å². The van der Waals surface area contributed by atoms with Crippen molar-refractivity contribution in [1.82, 2.24) is 23.9 Å². The van der Waals surface area contributed by atoms with Crippen molar-refractivity contribution >= 4 is 11.6 Å². The number of hydrogen-bond acceptors (Lipinski definition) is 6. The minimum absolute atomic E-state index is 0.0387. The molecule has 0 aliphatic rings. The summed E-state index contributed by atoms with van der Waals surface area (Å²) in [6.07, 6.45) is 5.77. The third kappa shape index (κ3) is 5.57. The molecular weight excluding hydrogens is 553 g/mol. The molecule has 0 aliphatic carbocycles. The average Bonchev–Trinajstić information content (AvgIpc) is 3.38. The number of rotatable bonds is 7. The van der Waals surface area contributed by atoms with E-state index >= 15 is 8.78 Å². The van der Waals surface area contributed by atoms with Gasteiger partial charge >= 0.3 is 5.69 Å². The monoisotopic (exact) mass is 576 g/mol. The summed E-state index contributed by atoms with van der Waals surface area (Å²) in [5.41, 5.74) is -1.35. The lowest BCUT2D eigenvalue weighted by Crippen LogP contribution is -2.42. The van der Waals surface area contributed by atoms with Crippen LogP contribution in [0.5, 0.6) is 11.5 Å². The number of benzene rings is 2. The van der Waals surface area contributed by atoms with Gasteiger partial charge in [0, 0.05) is 61.1 Å². The molecule has 0 radical (unpaired) electrons. The van der Waals surface area contributed by atoms with E-state index in [1.54, 1.807) is 38.0 Å². The van der Waals surface area contributed by atoms with Crippen molar-refractivity contribution < 1.29 is 22.7 Å². The summed E-state index contributed by atoms with van der Waals surface area (Å²) < 4.78 is 52.4. The first kappa shape index (κ1) is 28.1. The number of nitrogens with zero attached hydrogens (tertiary/aromatic N) is 5. The Morgan fingerprint density at radius 1 is 0.976 bits per heavy atom. The van der Waals surface area contributed by atoms with Crippen LogP contribution in [0.4, 0.5) is 18.9 Å². The largest absolute Gasteiger partial charge is 0.451 e. The van der Waals surface area contributed by atoms with Crippen LogP contribution in [0.1, 0.15) is 30.2 Å². The van der Waals surface area contributed by atoms with Gasteiger partial charge < -0.3 is 10.1 Å². The SMILES string of the molecule is CC(C)n1cc(C(=O)Nc2cc(F)c(Oc3ccnc(-c4cnn(C)c4)c3)c(F)c2)c(=O)n(-c2ccc(F)cc2)c1=O. The summed E-state index contributed by atoms with van der Waals surface area (Å²) >= 11 is 0. The molecule has 0 unspecified atom stereocenters. The van der Waals surface area contributed by atoms with Gasteiger partial charge in [-0.15, -0.1) is 0 Å². The summed E-state index contributed by atoms with van der Waals surface area (Å²) in [5.74, 6) is -4.46. The molecule has 214 valence electrons. The van der Waals surface area contributed by atoms with E-state index in [9.17, 15) is 18.8 Å². The van der Waals surface area contributed by atoms with Gasteiger partial charge in [0.15, 0.2) is 17.4 Å². The molecule has 2 aromatic carbocycles. The van der Waals surface area contributed by atoms with Crippen LogP contribution in [-0.4, -0.2) is 29.8 Å². The Hall–Kier alpha value is -5.46. The quantitative estimate of drug-likeness (QED) is 0.297. The predicted octanol–water partition coefficient (Wildman–Crippen LogP) is 4.84. The molecule has 3 aromatic heterocycles.